The van der Waals surface area contributed by atoms with Gasteiger partial charge in [-0.25, -0.2) is 0 Å². The van der Waals surface area contributed by atoms with E-state index in [1.807, 2.05) is 13.8 Å². The summed E-state index contributed by atoms with van der Waals surface area (Å²) in [5, 5.41) is 11.5. The molecule has 0 saturated carbocycles. The Hall–Kier alpha value is -1.63. The molecule has 2 atom stereocenters. The van der Waals surface area contributed by atoms with Gasteiger partial charge in [-0.3, -0.25) is 14.4 Å². The number of hydrogen-bond donors (Lipinski definition) is 4. The molecule has 0 aromatic rings. The lowest BCUT2D eigenvalue weighted by atomic mass is 10.0. The molecule has 1 saturated heterocycles. The van der Waals surface area contributed by atoms with E-state index in [0.717, 1.165) is 38.6 Å². The predicted molar refractivity (Wildman–Crippen MR) is 109 cm³/mol. The minimum absolute atomic E-state index is 0.00697. The molecule has 1 rings (SSSR count). The van der Waals surface area contributed by atoms with E-state index in [1.54, 1.807) is 0 Å². The zero-order valence-corrected chi connectivity index (χ0v) is 17.8. The average Bonchev–Trinajstić information content (AvgIpc) is 2.63. The van der Waals surface area contributed by atoms with Crippen molar-refractivity contribution in [2.45, 2.75) is 97.7 Å². The number of carbonyl (C=O) groups excluding carboxylic acids is 3. The molecule has 27 heavy (non-hydrogen) atoms. The number of piperazine rings is 1. The largest absolute Gasteiger partial charge is 0.356 e. The summed E-state index contributed by atoms with van der Waals surface area (Å²) in [6.07, 6.45) is 5.72. The van der Waals surface area contributed by atoms with E-state index in [2.05, 4.69) is 42.0 Å². The molecule has 3 amide bonds. The molecule has 1 aliphatic rings. The van der Waals surface area contributed by atoms with Crippen LogP contribution in [0.2, 0.25) is 0 Å². The summed E-state index contributed by atoms with van der Waals surface area (Å²) in [7, 11) is 0. The maximum Gasteiger partial charge on any atom is 0.243 e. The quantitative estimate of drug-likeness (QED) is 0.386. The Bertz CT molecular complexity index is 441. The van der Waals surface area contributed by atoms with Crippen LogP contribution in [0.3, 0.4) is 0 Å². The van der Waals surface area contributed by atoms with Gasteiger partial charge in [0.05, 0.1) is 6.42 Å². The number of nitrogens with one attached hydrogen (secondary N) is 4. The summed E-state index contributed by atoms with van der Waals surface area (Å²) < 4.78 is 0. The molecule has 0 radical (unpaired) electrons. The van der Waals surface area contributed by atoms with Crippen LogP contribution in [0.15, 0.2) is 0 Å². The smallest absolute Gasteiger partial charge is 0.243 e. The van der Waals surface area contributed by atoms with Crippen molar-refractivity contribution in [1.82, 2.24) is 21.3 Å². The molecule has 7 heteroatoms. The van der Waals surface area contributed by atoms with Crippen LogP contribution in [-0.2, 0) is 14.4 Å². The number of amides is 3. The fourth-order valence-electron chi connectivity index (χ4n) is 2.76. The van der Waals surface area contributed by atoms with Gasteiger partial charge in [0.25, 0.3) is 0 Å². The molecule has 0 spiro atoms. The van der Waals surface area contributed by atoms with Crippen molar-refractivity contribution in [1.29, 1.82) is 0 Å². The standard InChI is InChI=1S/C18H34N4O3.C2H6/c1-4-5-6-7-10-20-16(23)12-15-18(25)21-14(17(24)22-15)9-8-11-19-13(2)3;1-2/h13-15,19H,4-12H2,1-3H3,(H,20,23)(H,21,25)(H,22,24);1-2H3. The van der Waals surface area contributed by atoms with Gasteiger partial charge < -0.3 is 21.3 Å². The van der Waals surface area contributed by atoms with Crippen LogP contribution in [0, 0.1) is 0 Å². The maximum atomic E-state index is 12.1. The fourth-order valence-corrected chi connectivity index (χ4v) is 2.76. The highest BCUT2D eigenvalue weighted by Gasteiger charge is 2.34. The monoisotopic (exact) mass is 384 g/mol. The normalized spacial score (nSPS) is 19.0. The van der Waals surface area contributed by atoms with Crippen molar-refractivity contribution < 1.29 is 14.4 Å². The first-order valence-corrected chi connectivity index (χ1v) is 10.5. The molecule has 0 aliphatic carbocycles. The van der Waals surface area contributed by atoms with Gasteiger partial charge in [0, 0.05) is 12.6 Å². The zero-order chi connectivity index (χ0) is 20.7. The number of unbranched alkanes of at least 4 members (excludes halogenated alkanes) is 3. The molecule has 0 aromatic heterocycles. The first-order chi connectivity index (χ1) is 12.9. The molecule has 1 fully saturated rings. The lowest BCUT2D eigenvalue weighted by molar-refractivity contribution is -0.138. The molecule has 4 N–H and O–H groups in total. The first-order valence-electron chi connectivity index (χ1n) is 10.5. The second-order valence-electron chi connectivity index (χ2n) is 6.99. The highest BCUT2D eigenvalue weighted by molar-refractivity contribution is 5.99. The van der Waals surface area contributed by atoms with E-state index in [9.17, 15) is 14.4 Å². The van der Waals surface area contributed by atoms with Gasteiger partial charge in [-0.1, -0.05) is 53.9 Å². The maximum absolute atomic E-state index is 12.1. The van der Waals surface area contributed by atoms with E-state index in [0.29, 0.717) is 19.0 Å². The van der Waals surface area contributed by atoms with Gasteiger partial charge in [-0.15, -0.1) is 0 Å². The Balaban J connectivity index is 0.00000326. The molecular weight excluding hydrogens is 344 g/mol. The third kappa shape index (κ3) is 11.6. The summed E-state index contributed by atoms with van der Waals surface area (Å²) in [6, 6.07) is -0.873. The van der Waals surface area contributed by atoms with Crippen molar-refractivity contribution in [3.05, 3.63) is 0 Å². The minimum Gasteiger partial charge on any atom is -0.356 e. The summed E-state index contributed by atoms with van der Waals surface area (Å²) in [5.41, 5.74) is 0. The molecule has 0 bridgehead atoms. The van der Waals surface area contributed by atoms with E-state index in [4.69, 9.17) is 0 Å². The van der Waals surface area contributed by atoms with Crippen LogP contribution in [0.5, 0.6) is 0 Å². The zero-order valence-electron chi connectivity index (χ0n) is 17.8. The van der Waals surface area contributed by atoms with Crippen molar-refractivity contribution in [2.75, 3.05) is 13.1 Å². The van der Waals surface area contributed by atoms with E-state index in [1.165, 1.54) is 0 Å². The SMILES string of the molecule is CC.CCCCCCNC(=O)CC1NC(=O)C(CCCNC(C)C)NC1=O. The Morgan fingerprint density at radius 1 is 0.963 bits per heavy atom. The average molecular weight is 385 g/mol. The van der Waals surface area contributed by atoms with Crippen molar-refractivity contribution in [2.24, 2.45) is 0 Å². The molecule has 1 aliphatic heterocycles. The second kappa shape index (κ2) is 15.4. The van der Waals surface area contributed by atoms with Crippen LogP contribution in [0.4, 0.5) is 0 Å². The minimum atomic E-state index is -0.770. The first kappa shape index (κ1) is 25.4. The van der Waals surface area contributed by atoms with Crippen LogP contribution in [0.25, 0.3) is 0 Å². The molecule has 0 aromatic carbocycles. The number of carbonyl (C=O) groups is 3. The van der Waals surface area contributed by atoms with Gasteiger partial charge in [-0.05, 0) is 25.8 Å². The third-order valence-corrected chi connectivity index (χ3v) is 4.23. The Kier molecular flexibility index (Phi) is 14.5. The molecular formula is C20H40N4O3. The molecule has 7 nitrogen and oxygen atoms in total. The van der Waals surface area contributed by atoms with Crippen LogP contribution in [0.1, 0.15) is 79.6 Å². The highest BCUT2D eigenvalue weighted by atomic mass is 16.2. The van der Waals surface area contributed by atoms with E-state index in [-0.39, 0.29) is 24.1 Å². The van der Waals surface area contributed by atoms with E-state index < -0.39 is 12.1 Å². The summed E-state index contributed by atoms with van der Waals surface area (Å²) in [6.45, 7) is 11.7. The topological polar surface area (TPSA) is 99.3 Å². The van der Waals surface area contributed by atoms with Gasteiger partial charge in [0.2, 0.25) is 17.7 Å². The Morgan fingerprint density at radius 2 is 1.59 bits per heavy atom. The van der Waals surface area contributed by atoms with Crippen molar-refractivity contribution in [3.63, 3.8) is 0 Å². The molecule has 158 valence electrons. The number of hydrogen-bond acceptors (Lipinski definition) is 4. The van der Waals surface area contributed by atoms with Crippen LogP contribution < -0.4 is 21.3 Å². The van der Waals surface area contributed by atoms with Crippen molar-refractivity contribution >= 4 is 17.7 Å². The van der Waals surface area contributed by atoms with Gasteiger partial charge >= 0.3 is 0 Å². The van der Waals surface area contributed by atoms with E-state index >= 15 is 0 Å². The van der Waals surface area contributed by atoms with Crippen LogP contribution in [-0.4, -0.2) is 48.9 Å². The fraction of sp³-hybridized carbons (Fsp3) is 0.850. The van der Waals surface area contributed by atoms with Crippen molar-refractivity contribution in [3.8, 4) is 0 Å². The lowest BCUT2D eigenvalue weighted by Gasteiger charge is -2.29. The number of rotatable bonds is 12. The van der Waals surface area contributed by atoms with Gasteiger partial charge in [0.1, 0.15) is 12.1 Å². The summed E-state index contributed by atoms with van der Waals surface area (Å²) in [5.74, 6) is -0.677. The highest BCUT2D eigenvalue weighted by Crippen LogP contribution is 2.06. The Morgan fingerprint density at radius 3 is 2.22 bits per heavy atom. The Labute approximate surface area is 164 Å². The third-order valence-electron chi connectivity index (χ3n) is 4.23. The molecule has 1 heterocycles. The second-order valence-corrected chi connectivity index (χ2v) is 6.99. The lowest BCUT2D eigenvalue weighted by Crippen LogP contribution is -2.62. The summed E-state index contributed by atoms with van der Waals surface area (Å²) >= 11 is 0. The van der Waals surface area contributed by atoms with Gasteiger partial charge in [-0.2, -0.15) is 0 Å². The van der Waals surface area contributed by atoms with Crippen LogP contribution >= 0.6 is 0 Å². The summed E-state index contributed by atoms with van der Waals surface area (Å²) in [4.78, 5) is 36.1. The van der Waals surface area contributed by atoms with Gasteiger partial charge in [0.15, 0.2) is 0 Å². The predicted octanol–water partition coefficient (Wildman–Crippen LogP) is 1.86. The molecule has 2 unspecified atom stereocenters.